The topological polar surface area (TPSA) is 61.3 Å². The van der Waals surface area contributed by atoms with Gasteiger partial charge in [-0.05, 0) is 82.6 Å². The highest BCUT2D eigenvalue weighted by atomic mass is 19.1. The zero-order valence-corrected chi connectivity index (χ0v) is 26.2. The van der Waals surface area contributed by atoms with Crippen molar-refractivity contribution in [2.75, 3.05) is 0 Å². The van der Waals surface area contributed by atoms with Crippen LogP contribution in [0.25, 0.3) is 0 Å². The first-order valence-electron chi connectivity index (χ1n) is 15.8. The summed E-state index contributed by atoms with van der Waals surface area (Å²) < 4.78 is 43.7. The van der Waals surface area contributed by atoms with Crippen molar-refractivity contribution in [2.24, 2.45) is 0 Å². The van der Waals surface area contributed by atoms with Gasteiger partial charge in [0, 0.05) is 36.9 Å². The first kappa shape index (κ1) is 32.3. The van der Waals surface area contributed by atoms with E-state index in [1.54, 1.807) is 73.3 Å². The molecule has 2 atom stereocenters. The predicted molar refractivity (Wildman–Crippen MR) is 181 cm³/mol. The number of carbonyl (C=O) groups excluding carboxylic acids is 1. The van der Waals surface area contributed by atoms with Gasteiger partial charge >= 0.3 is 0 Å². The van der Waals surface area contributed by atoms with Crippen LogP contribution in [0.15, 0.2) is 146 Å². The van der Waals surface area contributed by atoms with Crippen molar-refractivity contribution in [3.05, 3.63) is 191 Å². The number of carbonyl (C=O) groups is 1. The number of hydrogen-bond acceptors (Lipinski definition) is 5. The minimum atomic E-state index is -0.921. The standard InChI is InChI=1S/C41H34F2N2O3/c42-39-25-33(47-27-31-7-3-1-4-8-31)11-13-35(39)37(23-29-15-19-44-20-16-29)41(46)38(24-30-17-21-45-22-18-30)36-14-12-34(26-40(36)43)48-28-32-9-5-2-6-10-32/h1-22,25-26,37-38H,23-24,27-28H2. The molecule has 5 nitrogen and oxygen atoms in total. The van der Waals surface area contributed by atoms with Crippen molar-refractivity contribution in [3.8, 4) is 11.5 Å². The minimum absolute atomic E-state index is 0.204. The second-order valence-electron chi connectivity index (χ2n) is 11.5. The normalized spacial score (nSPS) is 12.2. The maximum Gasteiger partial charge on any atom is 0.148 e. The zero-order valence-electron chi connectivity index (χ0n) is 26.2. The van der Waals surface area contributed by atoms with Gasteiger partial charge in [-0.25, -0.2) is 8.78 Å². The first-order chi connectivity index (χ1) is 23.5. The molecule has 2 unspecified atom stereocenters. The number of hydrogen-bond donors (Lipinski definition) is 0. The molecule has 0 N–H and O–H groups in total. The molecule has 0 aliphatic carbocycles. The minimum Gasteiger partial charge on any atom is -0.489 e. The molecular formula is C41H34F2N2O3. The molecule has 0 saturated heterocycles. The maximum atomic E-state index is 16.0. The maximum absolute atomic E-state index is 16.0. The summed E-state index contributed by atoms with van der Waals surface area (Å²) in [6.45, 7) is 0.550. The van der Waals surface area contributed by atoms with Crippen molar-refractivity contribution in [1.82, 2.24) is 9.97 Å². The van der Waals surface area contributed by atoms with Crippen molar-refractivity contribution in [1.29, 1.82) is 0 Å². The summed E-state index contributed by atoms with van der Waals surface area (Å²) in [5, 5.41) is 0. The Kier molecular flexibility index (Phi) is 10.6. The lowest BCUT2D eigenvalue weighted by Crippen LogP contribution is -2.26. The van der Waals surface area contributed by atoms with E-state index in [1.807, 2.05) is 60.7 Å². The zero-order chi connectivity index (χ0) is 33.1. The van der Waals surface area contributed by atoms with Gasteiger partial charge in [0.15, 0.2) is 0 Å². The average molecular weight is 641 g/mol. The Morgan fingerprint density at radius 1 is 0.521 bits per heavy atom. The molecule has 7 heteroatoms. The van der Waals surface area contributed by atoms with Gasteiger partial charge in [0.2, 0.25) is 0 Å². The molecule has 2 aromatic heterocycles. The van der Waals surface area contributed by atoms with Crippen LogP contribution in [0.4, 0.5) is 8.78 Å². The molecule has 0 radical (unpaired) electrons. The molecule has 240 valence electrons. The summed E-state index contributed by atoms with van der Waals surface area (Å²) in [5.74, 6) is -2.59. The molecule has 0 amide bonds. The third-order valence-corrected chi connectivity index (χ3v) is 8.26. The summed E-state index contributed by atoms with van der Waals surface area (Å²) in [7, 11) is 0. The fraction of sp³-hybridized carbons (Fsp3) is 0.146. The Morgan fingerprint density at radius 2 is 0.917 bits per heavy atom. The van der Waals surface area contributed by atoms with E-state index in [0.29, 0.717) is 11.5 Å². The number of pyridine rings is 2. The smallest absolute Gasteiger partial charge is 0.148 e. The fourth-order valence-electron chi connectivity index (χ4n) is 5.72. The highest BCUT2D eigenvalue weighted by Crippen LogP contribution is 2.36. The molecule has 2 heterocycles. The average Bonchev–Trinajstić information content (AvgIpc) is 3.13. The van der Waals surface area contributed by atoms with Gasteiger partial charge < -0.3 is 9.47 Å². The lowest BCUT2D eigenvalue weighted by Gasteiger charge is -2.25. The van der Waals surface area contributed by atoms with E-state index < -0.39 is 23.5 Å². The molecule has 6 aromatic rings. The summed E-state index contributed by atoms with van der Waals surface area (Å²) in [5.41, 5.74) is 3.94. The van der Waals surface area contributed by atoms with Crippen LogP contribution in [0, 0.1) is 11.6 Å². The molecule has 0 fully saturated rings. The largest absolute Gasteiger partial charge is 0.489 e. The highest BCUT2D eigenvalue weighted by molar-refractivity contribution is 5.92. The van der Waals surface area contributed by atoms with Crippen LogP contribution >= 0.6 is 0 Å². The number of Topliss-reactive ketones (excluding diaryl/α,β-unsaturated/α-hetero) is 1. The van der Waals surface area contributed by atoms with Crippen LogP contribution in [-0.4, -0.2) is 15.8 Å². The first-order valence-corrected chi connectivity index (χ1v) is 15.8. The number of halogens is 2. The number of ether oxygens (including phenoxy) is 2. The molecule has 0 aliphatic heterocycles. The number of benzene rings is 4. The van der Waals surface area contributed by atoms with Crippen molar-refractivity contribution in [3.63, 3.8) is 0 Å². The molecule has 0 bridgehead atoms. The fourth-order valence-corrected chi connectivity index (χ4v) is 5.72. The van der Waals surface area contributed by atoms with Gasteiger partial charge in [-0.3, -0.25) is 14.8 Å². The Bertz CT molecular complexity index is 1780. The van der Waals surface area contributed by atoms with Crippen molar-refractivity contribution >= 4 is 5.78 Å². The molecule has 48 heavy (non-hydrogen) atoms. The third kappa shape index (κ3) is 8.36. The SMILES string of the molecule is O=C(C(Cc1ccncc1)c1ccc(OCc2ccccc2)cc1F)C(Cc1ccncc1)c1ccc(OCc2ccccc2)cc1F. The third-order valence-electron chi connectivity index (χ3n) is 8.26. The number of aromatic nitrogens is 2. The summed E-state index contributed by atoms with van der Waals surface area (Å²) >= 11 is 0. The van der Waals surface area contributed by atoms with Crippen molar-refractivity contribution < 1.29 is 23.0 Å². The van der Waals surface area contributed by atoms with E-state index in [1.165, 1.54) is 12.1 Å². The Labute approximate surface area is 278 Å². The summed E-state index contributed by atoms with van der Waals surface area (Å²) in [6.07, 6.45) is 6.95. The van der Waals surface area contributed by atoms with E-state index in [2.05, 4.69) is 9.97 Å². The van der Waals surface area contributed by atoms with Gasteiger partial charge in [0.05, 0.1) is 11.8 Å². The monoisotopic (exact) mass is 640 g/mol. The molecule has 0 aliphatic rings. The number of nitrogens with zero attached hydrogens (tertiary/aromatic N) is 2. The van der Waals surface area contributed by atoms with Crippen LogP contribution in [0.1, 0.15) is 45.2 Å². The van der Waals surface area contributed by atoms with Gasteiger partial charge in [-0.1, -0.05) is 72.8 Å². The number of rotatable bonds is 14. The Hall–Kier alpha value is -5.69. The highest BCUT2D eigenvalue weighted by Gasteiger charge is 2.33. The van der Waals surface area contributed by atoms with E-state index in [-0.39, 0.29) is 43.0 Å². The van der Waals surface area contributed by atoms with Crippen molar-refractivity contribution in [2.45, 2.75) is 37.9 Å². The predicted octanol–water partition coefficient (Wildman–Crippen LogP) is 8.83. The molecule has 4 aromatic carbocycles. The van der Waals surface area contributed by atoms with E-state index in [4.69, 9.17) is 9.47 Å². The van der Waals surface area contributed by atoms with Crippen LogP contribution in [0.2, 0.25) is 0 Å². The van der Waals surface area contributed by atoms with E-state index >= 15 is 8.78 Å². The van der Waals surface area contributed by atoms with Gasteiger partial charge in [0.1, 0.15) is 42.1 Å². The van der Waals surface area contributed by atoms with E-state index in [0.717, 1.165) is 22.3 Å². The van der Waals surface area contributed by atoms with Crippen LogP contribution in [0.5, 0.6) is 11.5 Å². The summed E-state index contributed by atoms with van der Waals surface area (Å²) in [4.78, 5) is 22.9. The molecule has 0 saturated carbocycles. The summed E-state index contributed by atoms with van der Waals surface area (Å²) in [6, 6.07) is 35.5. The molecule has 0 spiro atoms. The van der Waals surface area contributed by atoms with Gasteiger partial charge in [-0.2, -0.15) is 0 Å². The lowest BCUT2D eigenvalue weighted by atomic mass is 9.78. The van der Waals surface area contributed by atoms with Crippen LogP contribution < -0.4 is 9.47 Å². The van der Waals surface area contributed by atoms with E-state index in [9.17, 15) is 4.79 Å². The molecular weight excluding hydrogens is 606 g/mol. The second kappa shape index (κ2) is 15.7. The molecule has 6 rings (SSSR count). The number of ketones is 1. The Balaban J connectivity index is 1.32. The van der Waals surface area contributed by atoms with Crippen LogP contribution in [0.3, 0.4) is 0 Å². The van der Waals surface area contributed by atoms with Crippen LogP contribution in [-0.2, 0) is 30.8 Å². The second-order valence-corrected chi connectivity index (χ2v) is 11.5. The lowest BCUT2D eigenvalue weighted by molar-refractivity contribution is -0.122. The quantitative estimate of drug-likeness (QED) is 0.119. The Morgan fingerprint density at radius 3 is 1.29 bits per heavy atom. The van der Waals surface area contributed by atoms with Gasteiger partial charge in [0.25, 0.3) is 0 Å². The van der Waals surface area contributed by atoms with Gasteiger partial charge in [-0.15, -0.1) is 0 Å².